The van der Waals surface area contributed by atoms with Crippen LogP contribution in [0.3, 0.4) is 0 Å². The zero-order chi connectivity index (χ0) is 20.8. The number of carbonyl (C=O) groups is 1. The molecule has 0 bridgehead atoms. The molecule has 0 aliphatic carbocycles. The lowest BCUT2D eigenvalue weighted by Gasteiger charge is -2.18. The van der Waals surface area contributed by atoms with E-state index in [1.54, 1.807) is 18.2 Å². The predicted octanol–water partition coefficient (Wildman–Crippen LogP) is 3.33. The molecule has 1 aromatic heterocycles. The monoisotopic (exact) mass is 387 g/mol. The topological polar surface area (TPSA) is 97.9 Å². The molecule has 0 radical (unpaired) electrons. The smallest absolute Gasteiger partial charge is 0.256 e. The Morgan fingerprint density at radius 3 is 2.72 bits per heavy atom. The molecular weight excluding hydrogens is 362 g/mol. The molecule has 29 heavy (non-hydrogen) atoms. The van der Waals surface area contributed by atoms with E-state index in [0.29, 0.717) is 11.1 Å². The molecule has 1 amide bonds. The van der Waals surface area contributed by atoms with Gasteiger partial charge in [-0.05, 0) is 62.0 Å². The number of nitrogens with one attached hydrogen (secondary N) is 2. The zero-order valence-corrected chi connectivity index (χ0v) is 16.7. The Labute approximate surface area is 171 Å². The number of aryl methyl sites for hydroxylation is 2. The summed E-state index contributed by atoms with van der Waals surface area (Å²) >= 11 is 0. The molecule has 148 valence electrons. The number of H-pyrrole nitrogens is 1. The van der Waals surface area contributed by atoms with E-state index in [4.69, 9.17) is 11.0 Å². The van der Waals surface area contributed by atoms with Crippen molar-refractivity contribution in [3.05, 3.63) is 76.8 Å². The Hall–Kier alpha value is -3.56. The number of benzene rings is 1. The van der Waals surface area contributed by atoms with Crippen LogP contribution < -0.4 is 11.1 Å². The number of aromatic amines is 1. The van der Waals surface area contributed by atoms with Crippen molar-refractivity contribution >= 4 is 23.2 Å². The molecule has 3 heterocycles. The van der Waals surface area contributed by atoms with Gasteiger partial charge in [-0.2, -0.15) is 5.26 Å². The lowest BCUT2D eigenvalue weighted by Crippen LogP contribution is -2.25. The van der Waals surface area contributed by atoms with Crippen LogP contribution >= 0.6 is 0 Å². The molecule has 4 rings (SSSR count). The van der Waals surface area contributed by atoms with Crippen molar-refractivity contribution in [1.82, 2.24) is 9.88 Å². The van der Waals surface area contributed by atoms with E-state index in [0.717, 1.165) is 47.8 Å². The normalized spacial score (nSPS) is 15.6. The second-order valence-corrected chi connectivity index (χ2v) is 6.99. The summed E-state index contributed by atoms with van der Waals surface area (Å²) in [5, 5.41) is 11.8. The molecular formula is C23H25N5O. The molecule has 6 heteroatoms. The number of nitrogens with zero attached hydrogens (tertiary/aromatic N) is 2. The molecule has 0 spiro atoms. The average Bonchev–Trinajstić information content (AvgIpc) is 3.21. The summed E-state index contributed by atoms with van der Waals surface area (Å²) in [6, 6.07) is 9.33. The van der Waals surface area contributed by atoms with Gasteiger partial charge in [0.15, 0.2) is 0 Å². The van der Waals surface area contributed by atoms with Gasteiger partial charge in [0, 0.05) is 42.3 Å². The first-order chi connectivity index (χ1) is 14.0. The highest BCUT2D eigenvalue weighted by molar-refractivity contribution is 6.34. The minimum absolute atomic E-state index is 0.137. The summed E-state index contributed by atoms with van der Waals surface area (Å²) in [7, 11) is 0. The Morgan fingerprint density at radius 1 is 1.28 bits per heavy atom. The molecule has 1 aromatic carbocycles. The summed E-state index contributed by atoms with van der Waals surface area (Å²) < 4.78 is 0. The number of carbonyl (C=O) groups excluding carboxylic acids is 1. The third-order valence-electron chi connectivity index (χ3n) is 4.71. The van der Waals surface area contributed by atoms with Crippen LogP contribution in [0.25, 0.3) is 11.6 Å². The fraction of sp³-hybridized carbons (Fsp3) is 0.217. The molecule has 0 atom stereocenters. The molecule has 2 aliphatic heterocycles. The first kappa shape index (κ1) is 20.2. The highest BCUT2D eigenvalue weighted by Crippen LogP contribution is 2.34. The van der Waals surface area contributed by atoms with Crippen LogP contribution in [0.15, 0.2) is 48.7 Å². The van der Waals surface area contributed by atoms with Gasteiger partial charge in [0.25, 0.3) is 5.91 Å². The van der Waals surface area contributed by atoms with Crippen molar-refractivity contribution in [2.45, 2.75) is 13.8 Å². The fourth-order valence-corrected chi connectivity index (χ4v) is 3.28. The third kappa shape index (κ3) is 4.84. The van der Waals surface area contributed by atoms with Gasteiger partial charge in [-0.3, -0.25) is 4.79 Å². The average molecular weight is 387 g/mol. The van der Waals surface area contributed by atoms with Crippen LogP contribution in [0.4, 0.5) is 5.69 Å². The van der Waals surface area contributed by atoms with E-state index in [-0.39, 0.29) is 5.91 Å². The van der Waals surface area contributed by atoms with Crippen LogP contribution in [-0.4, -0.2) is 35.4 Å². The van der Waals surface area contributed by atoms with E-state index < -0.39 is 0 Å². The van der Waals surface area contributed by atoms with Crippen LogP contribution in [0.5, 0.6) is 0 Å². The molecule has 2 aromatic rings. The Balaban J connectivity index is 0.000000224. The number of hydrogen-bond acceptors (Lipinski definition) is 4. The molecule has 0 fully saturated rings. The highest BCUT2D eigenvalue weighted by atomic mass is 16.2. The van der Waals surface area contributed by atoms with Gasteiger partial charge in [-0.25, -0.2) is 0 Å². The number of hydrogen-bond donors (Lipinski definition) is 3. The standard InChI is InChI=1S/C16H13N3O.C7H12N2/c1-9-5-10(2)18-15(9)7-13-12-6-11(8-17)3-4-14(12)19-16(13)20;8-4-7-9-5-2-1-3-6-9/h3-7,18H,1-2H3,(H,19,20);1-3,5H,4,6-8H2/b13-7-;. The first-order valence-electron chi connectivity index (χ1n) is 9.53. The number of fused-ring (bicyclic) bond motifs is 1. The number of rotatable bonds is 3. The van der Waals surface area contributed by atoms with Gasteiger partial charge in [0.05, 0.1) is 17.2 Å². The lowest BCUT2D eigenvalue weighted by molar-refractivity contribution is -0.110. The second-order valence-electron chi connectivity index (χ2n) is 6.99. The Kier molecular flexibility index (Phi) is 6.32. The summed E-state index contributed by atoms with van der Waals surface area (Å²) in [6.07, 6.45) is 10.1. The van der Waals surface area contributed by atoms with Crippen molar-refractivity contribution in [1.29, 1.82) is 5.26 Å². The van der Waals surface area contributed by atoms with Crippen molar-refractivity contribution in [3.63, 3.8) is 0 Å². The van der Waals surface area contributed by atoms with Gasteiger partial charge < -0.3 is 20.9 Å². The van der Waals surface area contributed by atoms with Gasteiger partial charge in [0.2, 0.25) is 0 Å². The number of nitriles is 1. The van der Waals surface area contributed by atoms with E-state index in [2.05, 4.69) is 33.5 Å². The Morgan fingerprint density at radius 2 is 2.10 bits per heavy atom. The van der Waals surface area contributed by atoms with E-state index in [9.17, 15) is 4.79 Å². The lowest BCUT2D eigenvalue weighted by atomic mass is 10.0. The summed E-state index contributed by atoms with van der Waals surface area (Å²) in [4.78, 5) is 17.5. The van der Waals surface area contributed by atoms with E-state index >= 15 is 0 Å². The molecule has 0 saturated carbocycles. The largest absolute Gasteiger partial charge is 0.372 e. The fourth-order valence-electron chi connectivity index (χ4n) is 3.28. The molecule has 4 N–H and O–H groups in total. The number of nitrogens with two attached hydrogens (primary N) is 1. The van der Waals surface area contributed by atoms with Gasteiger partial charge in [-0.15, -0.1) is 0 Å². The van der Waals surface area contributed by atoms with Crippen molar-refractivity contribution in [3.8, 4) is 6.07 Å². The predicted molar refractivity (Wildman–Crippen MR) is 117 cm³/mol. The maximum absolute atomic E-state index is 12.1. The van der Waals surface area contributed by atoms with Crippen LogP contribution in [0.2, 0.25) is 0 Å². The molecule has 0 saturated heterocycles. The first-order valence-corrected chi connectivity index (χ1v) is 9.53. The van der Waals surface area contributed by atoms with Gasteiger partial charge >= 0.3 is 0 Å². The van der Waals surface area contributed by atoms with Crippen LogP contribution in [0, 0.1) is 25.2 Å². The Bertz CT molecular complexity index is 1040. The maximum atomic E-state index is 12.1. The number of anilines is 1. The van der Waals surface area contributed by atoms with Crippen molar-refractivity contribution in [2.75, 3.05) is 25.0 Å². The van der Waals surface area contributed by atoms with Crippen molar-refractivity contribution in [2.24, 2.45) is 5.73 Å². The maximum Gasteiger partial charge on any atom is 0.256 e. The molecule has 0 unspecified atom stereocenters. The highest BCUT2D eigenvalue weighted by Gasteiger charge is 2.24. The van der Waals surface area contributed by atoms with Gasteiger partial charge in [0.1, 0.15) is 0 Å². The molecule has 2 aliphatic rings. The molecule has 6 nitrogen and oxygen atoms in total. The summed E-state index contributed by atoms with van der Waals surface area (Å²) in [5.74, 6) is -0.137. The number of allylic oxidation sites excluding steroid dienone is 2. The second kappa shape index (κ2) is 9.09. The van der Waals surface area contributed by atoms with Crippen molar-refractivity contribution < 1.29 is 4.79 Å². The number of aromatic nitrogens is 1. The van der Waals surface area contributed by atoms with Crippen LogP contribution in [0.1, 0.15) is 28.1 Å². The third-order valence-corrected chi connectivity index (χ3v) is 4.71. The SMILES string of the molecule is Cc1cc(C)c(/C=C2\C(=O)Nc3ccc(C#N)cc32)[nH]1.NCCN1C=CC=CC1. The van der Waals surface area contributed by atoms with E-state index in [1.165, 1.54) is 0 Å². The zero-order valence-electron chi connectivity index (χ0n) is 16.7. The van der Waals surface area contributed by atoms with Crippen LogP contribution in [-0.2, 0) is 4.79 Å². The number of amides is 1. The van der Waals surface area contributed by atoms with Gasteiger partial charge in [-0.1, -0.05) is 12.2 Å². The minimum Gasteiger partial charge on any atom is -0.372 e. The summed E-state index contributed by atoms with van der Waals surface area (Å²) in [6.45, 7) is 6.67. The quantitative estimate of drug-likeness (QED) is 0.704. The summed E-state index contributed by atoms with van der Waals surface area (Å²) in [5.41, 5.74) is 11.1. The minimum atomic E-state index is -0.137. The van der Waals surface area contributed by atoms with E-state index in [1.807, 2.05) is 38.1 Å².